The number of hydrazine groups is 1. The van der Waals surface area contributed by atoms with Crippen LogP contribution in [0.15, 0.2) is 42.5 Å². The summed E-state index contributed by atoms with van der Waals surface area (Å²) < 4.78 is 10.6. The lowest BCUT2D eigenvalue weighted by molar-refractivity contribution is 0.0941. The molecule has 0 aliphatic carbocycles. The Morgan fingerprint density at radius 3 is 2.75 bits per heavy atom. The summed E-state index contributed by atoms with van der Waals surface area (Å²) in [5.74, 6) is 0.826. The lowest BCUT2D eigenvalue weighted by atomic mass is 10.2. The molecule has 8 heteroatoms. The van der Waals surface area contributed by atoms with Crippen molar-refractivity contribution < 1.29 is 19.4 Å². The SMILES string of the molecule is O=C(NNC(=S)NCc1ccc2c(c1)OCO2)c1ccccc1O. The molecule has 0 saturated heterocycles. The van der Waals surface area contributed by atoms with Crippen LogP contribution in [0.1, 0.15) is 15.9 Å². The fraction of sp³-hybridized carbons (Fsp3) is 0.125. The molecule has 0 radical (unpaired) electrons. The Morgan fingerprint density at radius 2 is 1.92 bits per heavy atom. The maximum atomic E-state index is 11.9. The quantitative estimate of drug-likeness (QED) is 0.494. The molecule has 1 heterocycles. The number of carbonyl (C=O) groups excluding carboxylic acids is 1. The number of fused-ring (bicyclic) bond motifs is 1. The summed E-state index contributed by atoms with van der Waals surface area (Å²) in [6.45, 7) is 0.680. The lowest BCUT2D eigenvalue weighted by Crippen LogP contribution is -2.46. The second-order valence-electron chi connectivity index (χ2n) is 4.97. The van der Waals surface area contributed by atoms with Crippen molar-refractivity contribution >= 4 is 23.2 Å². The van der Waals surface area contributed by atoms with Gasteiger partial charge in [0.2, 0.25) is 6.79 Å². The van der Waals surface area contributed by atoms with Crippen LogP contribution in [0.4, 0.5) is 0 Å². The first-order chi connectivity index (χ1) is 11.6. The summed E-state index contributed by atoms with van der Waals surface area (Å²) in [5, 5.41) is 12.8. The fourth-order valence-electron chi connectivity index (χ4n) is 2.12. The Bertz CT molecular complexity index is 782. The van der Waals surface area contributed by atoms with Crippen molar-refractivity contribution in [2.45, 2.75) is 6.54 Å². The molecule has 0 spiro atoms. The third-order valence-electron chi connectivity index (χ3n) is 3.33. The topological polar surface area (TPSA) is 91.9 Å². The molecule has 3 rings (SSSR count). The van der Waals surface area contributed by atoms with Crippen molar-refractivity contribution in [2.75, 3.05) is 6.79 Å². The molecule has 2 aromatic carbocycles. The van der Waals surface area contributed by atoms with Gasteiger partial charge in [0.05, 0.1) is 5.56 Å². The van der Waals surface area contributed by atoms with Crippen LogP contribution in [0.5, 0.6) is 17.2 Å². The van der Waals surface area contributed by atoms with Crippen molar-refractivity contribution in [3.63, 3.8) is 0 Å². The Morgan fingerprint density at radius 1 is 1.12 bits per heavy atom. The Kier molecular flexibility index (Phi) is 4.66. The minimum Gasteiger partial charge on any atom is -0.507 e. The number of phenols is 1. The van der Waals surface area contributed by atoms with Crippen molar-refractivity contribution in [2.24, 2.45) is 0 Å². The predicted molar refractivity (Wildman–Crippen MR) is 90.7 cm³/mol. The van der Waals surface area contributed by atoms with Gasteiger partial charge in [-0.1, -0.05) is 18.2 Å². The molecular weight excluding hydrogens is 330 g/mol. The number of hydrogen-bond acceptors (Lipinski definition) is 5. The Hall–Kier alpha value is -3.00. The van der Waals surface area contributed by atoms with Crippen LogP contribution in [0, 0.1) is 0 Å². The number of rotatable bonds is 3. The van der Waals surface area contributed by atoms with Gasteiger partial charge in [0.25, 0.3) is 5.91 Å². The van der Waals surface area contributed by atoms with E-state index in [1.54, 1.807) is 12.1 Å². The van der Waals surface area contributed by atoms with E-state index in [9.17, 15) is 9.90 Å². The molecule has 0 atom stereocenters. The second kappa shape index (κ2) is 7.05. The number of carbonyl (C=O) groups is 1. The first-order valence-corrected chi connectivity index (χ1v) is 7.55. The molecule has 0 fully saturated rings. The summed E-state index contributed by atoms with van der Waals surface area (Å²) in [7, 11) is 0. The van der Waals surface area contributed by atoms with Crippen LogP contribution in [-0.2, 0) is 6.54 Å². The summed E-state index contributed by atoms with van der Waals surface area (Å²) >= 11 is 5.10. The summed E-state index contributed by atoms with van der Waals surface area (Å²) in [4.78, 5) is 11.9. The van der Waals surface area contributed by atoms with E-state index in [-0.39, 0.29) is 23.2 Å². The average Bonchev–Trinajstić information content (AvgIpc) is 3.06. The number of amides is 1. The lowest BCUT2D eigenvalue weighted by Gasteiger charge is -2.12. The Balaban J connectivity index is 1.48. The van der Waals surface area contributed by atoms with Crippen molar-refractivity contribution in [1.82, 2.24) is 16.2 Å². The van der Waals surface area contributed by atoms with E-state index in [1.807, 2.05) is 18.2 Å². The predicted octanol–water partition coefficient (Wildman–Crippen LogP) is 1.43. The van der Waals surface area contributed by atoms with Gasteiger partial charge in [-0.2, -0.15) is 0 Å². The van der Waals surface area contributed by atoms with Gasteiger partial charge in [-0.05, 0) is 42.0 Å². The molecule has 0 aromatic heterocycles. The van der Waals surface area contributed by atoms with Crippen LogP contribution < -0.4 is 25.6 Å². The number of benzene rings is 2. The zero-order chi connectivity index (χ0) is 16.9. The van der Waals surface area contributed by atoms with Crippen LogP contribution in [0.25, 0.3) is 0 Å². The van der Waals surface area contributed by atoms with E-state index in [1.165, 1.54) is 12.1 Å². The largest absolute Gasteiger partial charge is 0.507 e. The number of phenolic OH excluding ortho intramolecular Hbond substituents is 1. The molecule has 0 saturated carbocycles. The zero-order valence-corrected chi connectivity index (χ0v) is 13.4. The van der Waals surface area contributed by atoms with Gasteiger partial charge < -0.3 is 19.9 Å². The molecule has 0 bridgehead atoms. The number of para-hydroxylation sites is 1. The summed E-state index contributed by atoms with van der Waals surface area (Å²) in [6.07, 6.45) is 0. The number of ether oxygens (including phenoxy) is 2. The highest BCUT2D eigenvalue weighted by Gasteiger charge is 2.13. The first-order valence-electron chi connectivity index (χ1n) is 7.14. The summed E-state index contributed by atoms with van der Waals surface area (Å²) in [5.41, 5.74) is 6.11. The number of nitrogens with one attached hydrogen (secondary N) is 3. The van der Waals surface area contributed by atoms with Crippen molar-refractivity contribution in [1.29, 1.82) is 0 Å². The van der Waals surface area contributed by atoms with Crippen LogP contribution in [-0.4, -0.2) is 22.9 Å². The average molecular weight is 345 g/mol. The molecule has 7 nitrogen and oxygen atoms in total. The molecule has 4 N–H and O–H groups in total. The highest BCUT2D eigenvalue weighted by Crippen LogP contribution is 2.32. The van der Waals surface area contributed by atoms with E-state index >= 15 is 0 Å². The van der Waals surface area contributed by atoms with Gasteiger partial charge in [-0.25, -0.2) is 0 Å². The van der Waals surface area contributed by atoms with Crippen LogP contribution >= 0.6 is 12.2 Å². The van der Waals surface area contributed by atoms with Crippen LogP contribution in [0.3, 0.4) is 0 Å². The maximum absolute atomic E-state index is 11.9. The van der Waals surface area contributed by atoms with Crippen LogP contribution in [0.2, 0.25) is 0 Å². The van der Waals surface area contributed by atoms with E-state index in [0.717, 1.165) is 11.3 Å². The molecule has 24 heavy (non-hydrogen) atoms. The molecule has 0 unspecified atom stereocenters. The van der Waals surface area contributed by atoms with Gasteiger partial charge >= 0.3 is 0 Å². The number of thiocarbonyl (C=S) groups is 1. The van der Waals surface area contributed by atoms with E-state index in [2.05, 4.69) is 16.2 Å². The first kappa shape index (κ1) is 15.9. The third-order valence-corrected chi connectivity index (χ3v) is 3.57. The van der Waals surface area contributed by atoms with E-state index in [4.69, 9.17) is 21.7 Å². The minimum absolute atomic E-state index is 0.101. The van der Waals surface area contributed by atoms with Crippen molar-refractivity contribution in [3.8, 4) is 17.2 Å². The summed E-state index contributed by atoms with van der Waals surface area (Å²) in [6, 6.07) is 11.8. The second-order valence-corrected chi connectivity index (χ2v) is 5.37. The maximum Gasteiger partial charge on any atom is 0.273 e. The van der Waals surface area contributed by atoms with E-state index < -0.39 is 5.91 Å². The van der Waals surface area contributed by atoms with Gasteiger partial charge in [0, 0.05) is 6.54 Å². The molecule has 1 aliphatic rings. The minimum atomic E-state index is -0.486. The zero-order valence-electron chi connectivity index (χ0n) is 12.5. The van der Waals surface area contributed by atoms with Gasteiger partial charge in [-0.3, -0.25) is 15.6 Å². The molecule has 124 valence electrons. The monoisotopic (exact) mass is 345 g/mol. The molecule has 1 amide bonds. The Labute approximate surface area is 143 Å². The van der Waals surface area contributed by atoms with Gasteiger partial charge in [-0.15, -0.1) is 0 Å². The fourth-order valence-corrected chi connectivity index (χ4v) is 2.25. The highest BCUT2D eigenvalue weighted by molar-refractivity contribution is 7.80. The third kappa shape index (κ3) is 3.66. The normalized spacial score (nSPS) is 11.7. The molecular formula is C16H15N3O4S. The van der Waals surface area contributed by atoms with E-state index in [0.29, 0.717) is 12.3 Å². The van der Waals surface area contributed by atoms with Crippen molar-refractivity contribution in [3.05, 3.63) is 53.6 Å². The molecule has 2 aromatic rings. The van der Waals surface area contributed by atoms with Gasteiger partial charge in [0.15, 0.2) is 16.6 Å². The number of aromatic hydroxyl groups is 1. The number of hydrogen-bond donors (Lipinski definition) is 4. The van der Waals surface area contributed by atoms with Gasteiger partial charge in [0.1, 0.15) is 5.75 Å². The smallest absolute Gasteiger partial charge is 0.273 e. The standard InChI is InChI=1S/C16H15N3O4S/c20-12-4-2-1-3-11(12)15(21)18-19-16(24)17-8-10-5-6-13-14(7-10)23-9-22-13/h1-7,20H,8-9H2,(H,18,21)(H2,17,19,24). The molecule has 1 aliphatic heterocycles. The highest BCUT2D eigenvalue weighted by atomic mass is 32.1.